The molecule has 1 heterocycles. The zero-order chi connectivity index (χ0) is 13.3. The van der Waals surface area contributed by atoms with E-state index in [1.807, 2.05) is 26.8 Å². The molecule has 1 aliphatic heterocycles. The third-order valence-corrected chi connectivity index (χ3v) is 4.29. The summed E-state index contributed by atoms with van der Waals surface area (Å²) in [5.41, 5.74) is 3.45. The number of amides is 1. The first-order valence-corrected chi connectivity index (χ1v) is 7.08. The van der Waals surface area contributed by atoms with Gasteiger partial charge in [0.1, 0.15) is 4.32 Å². The van der Waals surface area contributed by atoms with E-state index in [9.17, 15) is 4.79 Å². The third-order valence-electron chi connectivity index (χ3n) is 2.91. The minimum Gasteiger partial charge on any atom is -0.293 e. The number of rotatable bonds is 2. The van der Waals surface area contributed by atoms with Gasteiger partial charge in [0.15, 0.2) is 0 Å². The molecule has 2 nitrogen and oxygen atoms in total. The molecule has 1 saturated heterocycles. The Morgan fingerprint density at radius 1 is 1.39 bits per heavy atom. The SMILES string of the molecule is CCN1C(=O)/C(=C/c2cc(C)ccc2C)SC1=S. The molecule has 1 fully saturated rings. The van der Waals surface area contributed by atoms with Crippen LogP contribution in [0.25, 0.3) is 6.08 Å². The summed E-state index contributed by atoms with van der Waals surface area (Å²) in [6.45, 7) is 6.67. The maximum Gasteiger partial charge on any atom is 0.266 e. The van der Waals surface area contributed by atoms with Crippen molar-refractivity contribution in [1.29, 1.82) is 0 Å². The average Bonchev–Trinajstić information content (AvgIpc) is 2.59. The lowest BCUT2D eigenvalue weighted by Gasteiger charge is -2.09. The van der Waals surface area contributed by atoms with Crippen molar-refractivity contribution in [2.75, 3.05) is 6.54 Å². The lowest BCUT2D eigenvalue weighted by molar-refractivity contribution is -0.121. The van der Waals surface area contributed by atoms with Crippen molar-refractivity contribution in [3.05, 3.63) is 39.8 Å². The van der Waals surface area contributed by atoms with E-state index in [2.05, 4.69) is 18.2 Å². The Bertz CT molecular complexity index is 549. The number of hydrogen-bond donors (Lipinski definition) is 0. The highest BCUT2D eigenvalue weighted by atomic mass is 32.2. The molecule has 0 spiro atoms. The number of aryl methyl sites for hydroxylation is 2. The number of thioether (sulfide) groups is 1. The quantitative estimate of drug-likeness (QED) is 0.609. The van der Waals surface area contributed by atoms with Gasteiger partial charge in [0.25, 0.3) is 5.91 Å². The second-order valence-corrected chi connectivity index (χ2v) is 5.96. The van der Waals surface area contributed by atoms with Crippen molar-refractivity contribution in [1.82, 2.24) is 4.90 Å². The minimum absolute atomic E-state index is 0.0217. The van der Waals surface area contributed by atoms with Gasteiger partial charge in [-0.05, 0) is 38.0 Å². The highest BCUT2D eigenvalue weighted by molar-refractivity contribution is 8.26. The van der Waals surface area contributed by atoms with Gasteiger partial charge in [-0.15, -0.1) is 0 Å². The average molecular weight is 277 g/mol. The predicted molar refractivity (Wildman–Crippen MR) is 81.5 cm³/mol. The van der Waals surface area contributed by atoms with Gasteiger partial charge in [-0.25, -0.2) is 0 Å². The Morgan fingerprint density at radius 2 is 2.11 bits per heavy atom. The van der Waals surface area contributed by atoms with Gasteiger partial charge in [-0.2, -0.15) is 0 Å². The van der Waals surface area contributed by atoms with Crippen molar-refractivity contribution in [3.63, 3.8) is 0 Å². The van der Waals surface area contributed by atoms with Crippen LogP contribution in [0.3, 0.4) is 0 Å². The Kier molecular flexibility index (Phi) is 3.88. The van der Waals surface area contributed by atoms with Gasteiger partial charge < -0.3 is 0 Å². The summed E-state index contributed by atoms with van der Waals surface area (Å²) in [7, 11) is 0. The lowest BCUT2D eigenvalue weighted by Crippen LogP contribution is -2.27. The number of carbonyl (C=O) groups excluding carboxylic acids is 1. The summed E-state index contributed by atoms with van der Waals surface area (Å²) >= 11 is 6.58. The molecule has 1 amide bonds. The predicted octanol–water partition coefficient (Wildman–Crippen LogP) is 3.52. The molecule has 0 aromatic heterocycles. The van der Waals surface area contributed by atoms with E-state index in [0.717, 1.165) is 10.5 Å². The van der Waals surface area contributed by atoms with Crippen molar-refractivity contribution in [2.45, 2.75) is 20.8 Å². The molecule has 0 bridgehead atoms. The summed E-state index contributed by atoms with van der Waals surface area (Å²) in [4.78, 5) is 14.5. The van der Waals surface area contributed by atoms with E-state index in [-0.39, 0.29) is 5.91 Å². The molecular weight excluding hydrogens is 262 g/mol. The summed E-state index contributed by atoms with van der Waals surface area (Å²) in [5, 5.41) is 0. The molecule has 0 radical (unpaired) electrons. The Morgan fingerprint density at radius 3 is 2.72 bits per heavy atom. The molecule has 1 aromatic rings. The summed E-state index contributed by atoms with van der Waals surface area (Å²) in [6, 6.07) is 6.24. The monoisotopic (exact) mass is 277 g/mol. The van der Waals surface area contributed by atoms with Crippen LogP contribution in [0.2, 0.25) is 0 Å². The Labute approximate surface area is 117 Å². The molecule has 94 valence electrons. The number of carbonyl (C=O) groups is 1. The normalized spacial score (nSPS) is 17.9. The highest BCUT2D eigenvalue weighted by Gasteiger charge is 2.30. The molecule has 18 heavy (non-hydrogen) atoms. The molecule has 1 aliphatic rings. The van der Waals surface area contributed by atoms with E-state index in [4.69, 9.17) is 12.2 Å². The van der Waals surface area contributed by atoms with Crippen LogP contribution in [0.4, 0.5) is 0 Å². The number of likely N-dealkylation sites (N-methyl/N-ethyl adjacent to an activating group) is 1. The summed E-state index contributed by atoms with van der Waals surface area (Å²) in [6.07, 6.45) is 1.94. The maximum atomic E-state index is 12.1. The van der Waals surface area contributed by atoms with Crippen LogP contribution in [-0.2, 0) is 4.79 Å². The number of benzene rings is 1. The van der Waals surface area contributed by atoms with Crippen LogP contribution in [0, 0.1) is 13.8 Å². The molecule has 0 atom stereocenters. The minimum atomic E-state index is 0.0217. The van der Waals surface area contributed by atoms with Crippen LogP contribution in [0.15, 0.2) is 23.1 Å². The third kappa shape index (κ3) is 2.49. The number of nitrogens with zero attached hydrogens (tertiary/aromatic N) is 1. The second kappa shape index (κ2) is 5.24. The van der Waals surface area contributed by atoms with Crippen molar-refractivity contribution in [3.8, 4) is 0 Å². The molecule has 0 N–H and O–H groups in total. The Balaban J connectivity index is 2.38. The van der Waals surface area contributed by atoms with Crippen molar-refractivity contribution < 1.29 is 4.79 Å². The van der Waals surface area contributed by atoms with E-state index >= 15 is 0 Å². The van der Waals surface area contributed by atoms with Crippen LogP contribution in [0.5, 0.6) is 0 Å². The smallest absolute Gasteiger partial charge is 0.266 e. The topological polar surface area (TPSA) is 20.3 Å². The summed E-state index contributed by atoms with van der Waals surface area (Å²) < 4.78 is 0.652. The molecular formula is C14H15NOS2. The van der Waals surface area contributed by atoms with Gasteiger partial charge in [-0.1, -0.05) is 47.7 Å². The molecule has 0 unspecified atom stereocenters. The maximum absolute atomic E-state index is 12.1. The molecule has 0 aliphatic carbocycles. The molecule has 1 aromatic carbocycles. The molecule has 0 saturated carbocycles. The van der Waals surface area contributed by atoms with Gasteiger partial charge in [0.05, 0.1) is 4.91 Å². The van der Waals surface area contributed by atoms with Crippen LogP contribution in [0.1, 0.15) is 23.6 Å². The highest BCUT2D eigenvalue weighted by Crippen LogP contribution is 2.32. The van der Waals surface area contributed by atoms with Crippen LogP contribution in [-0.4, -0.2) is 21.7 Å². The largest absolute Gasteiger partial charge is 0.293 e. The fourth-order valence-electron chi connectivity index (χ4n) is 1.83. The van der Waals surface area contributed by atoms with Gasteiger partial charge in [0.2, 0.25) is 0 Å². The lowest BCUT2D eigenvalue weighted by atomic mass is 10.1. The van der Waals surface area contributed by atoms with E-state index in [0.29, 0.717) is 10.9 Å². The fraction of sp³-hybridized carbons (Fsp3) is 0.286. The van der Waals surface area contributed by atoms with E-state index < -0.39 is 0 Å². The van der Waals surface area contributed by atoms with Crippen molar-refractivity contribution >= 4 is 40.3 Å². The molecule has 2 rings (SSSR count). The number of thiocarbonyl (C=S) groups is 1. The first-order chi connectivity index (χ1) is 8.52. The standard InChI is InChI=1S/C14H15NOS2/c1-4-15-13(16)12(18-14(15)17)8-11-7-9(2)5-6-10(11)3/h5-8H,4H2,1-3H3/b12-8-. The fourth-order valence-corrected chi connectivity index (χ4v) is 3.20. The van der Waals surface area contributed by atoms with Crippen LogP contribution >= 0.6 is 24.0 Å². The van der Waals surface area contributed by atoms with Crippen molar-refractivity contribution in [2.24, 2.45) is 0 Å². The van der Waals surface area contributed by atoms with E-state index in [1.54, 1.807) is 4.90 Å². The first-order valence-electron chi connectivity index (χ1n) is 5.85. The molecule has 4 heteroatoms. The van der Waals surface area contributed by atoms with E-state index in [1.165, 1.54) is 22.9 Å². The summed E-state index contributed by atoms with van der Waals surface area (Å²) in [5.74, 6) is 0.0217. The van der Waals surface area contributed by atoms with Crippen LogP contribution < -0.4 is 0 Å². The zero-order valence-electron chi connectivity index (χ0n) is 10.7. The van der Waals surface area contributed by atoms with Gasteiger partial charge in [0, 0.05) is 6.54 Å². The van der Waals surface area contributed by atoms with Gasteiger partial charge in [-0.3, -0.25) is 9.69 Å². The zero-order valence-corrected chi connectivity index (χ0v) is 12.3. The second-order valence-electron chi connectivity index (χ2n) is 4.29. The number of hydrogen-bond acceptors (Lipinski definition) is 3. The first kappa shape index (κ1) is 13.3. The van der Waals surface area contributed by atoms with Gasteiger partial charge >= 0.3 is 0 Å². The Hall–Kier alpha value is -1.13.